The third kappa shape index (κ3) is 6.93. The molecule has 0 aliphatic carbocycles. The van der Waals surface area contributed by atoms with Crippen molar-refractivity contribution in [2.24, 2.45) is 5.92 Å². The summed E-state index contributed by atoms with van der Waals surface area (Å²) in [7, 11) is 1.30. The average Bonchev–Trinajstić information content (AvgIpc) is 3.34. The molecule has 0 bridgehead atoms. The van der Waals surface area contributed by atoms with Gasteiger partial charge in [0.2, 0.25) is 0 Å². The molecule has 0 saturated carbocycles. The van der Waals surface area contributed by atoms with E-state index in [9.17, 15) is 9.59 Å². The zero-order chi connectivity index (χ0) is 22.8. The highest BCUT2D eigenvalue weighted by molar-refractivity contribution is 7.08. The average molecular weight is 441 g/mol. The Morgan fingerprint density at radius 2 is 1.84 bits per heavy atom. The predicted octanol–water partition coefficient (Wildman–Crippen LogP) is 5.91. The van der Waals surface area contributed by atoms with E-state index in [-0.39, 0.29) is 5.91 Å². The Hall–Kier alpha value is -3.19. The minimum absolute atomic E-state index is 0.310. The summed E-state index contributed by atoms with van der Waals surface area (Å²) in [6.45, 7) is 8.70. The van der Waals surface area contributed by atoms with Gasteiger partial charge in [-0.3, -0.25) is 4.79 Å². The lowest BCUT2D eigenvalue weighted by Crippen LogP contribution is -2.14. The molecule has 31 heavy (non-hydrogen) atoms. The van der Waals surface area contributed by atoms with Crippen molar-refractivity contribution in [1.82, 2.24) is 4.98 Å². The van der Waals surface area contributed by atoms with Crippen LogP contribution in [0.25, 0.3) is 11.1 Å². The van der Waals surface area contributed by atoms with Gasteiger partial charge in [-0.2, -0.15) is 11.3 Å². The molecule has 2 heterocycles. The highest BCUT2D eigenvalue weighted by atomic mass is 32.1. The van der Waals surface area contributed by atoms with Crippen molar-refractivity contribution in [2.75, 3.05) is 19.0 Å². The standard InChI is InChI=1S/C22H22N2O4S.C2H6/c1-14(2)12-28-19-9-17(16-6-7-29-13-16)8-18(10-19)21(25)24-20-5-4-15(11-23-20)22(26)27-3;1-2/h4-11,13-14H,12H2,1-3H3,(H,23,24,25);1-2H3. The second-order valence-corrected chi connectivity index (χ2v) is 7.62. The number of amides is 1. The van der Waals surface area contributed by atoms with Crippen molar-refractivity contribution < 1.29 is 19.1 Å². The van der Waals surface area contributed by atoms with Crippen LogP contribution >= 0.6 is 11.3 Å². The first-order valence-electron chi connectivity index (χ1n) is 10.1. The second kappa shape index (κ2) is 11.9. The van der Waals surface area contributed by atoms with Crippen molar-refractivity contribution in [3.63, 3.8) is 0 Å². The van der Waals surface area contributed by atoms with E-state index >= 15 is 0 Å². The molecule has 2 aromatic heterocycles. The van der Waals surface area contributed by atoms with Crippen molar-refractivity contribution in [3.05, 3.63) is 64.5 Å². The number of carbonyl (C=O) groups excluding carboxylic acids is 2. The Morgan fingerprint density at radius 1 is 1.06 bits per heavy atom. The molecular weight excluding hydrogens is 412 g/mol. The summed E-state index contributed by atoms with van der Waals surface area (Å²) in [5.74, 6) is 0.560. The third-order valence-corrected chi connectivity index (χ3v) is 4.72. The van der Waals surface area contributed by atoms with E-state index in [1.807, 2.05) is 42.8 Å². The fourth-order valence-corrected chi connectivity index (χ4v) is 3.23. The largest absolute Gasteiger partial charge is 0.493 e. The number of nitrogens with zero attached hydrogens (tertiary/aromatic N) is 1. The molecule has 0 aliphatic heterocycles. The molecule has 164 valence electrons. The number of rotatable bonds is 7. The SMILES string of the molecule is CC.COC(=O)c1ccc(NC(=O)c2cc(OCC(C)C)cc(-c3ccsc3)c2)nc1. The fourth-order valence-electron chi connectivity index (χ4n) is 2.57. The van der Waals surface area contributed by atoms with E-state index in [1.54, 1.807) is 29.5 Å². The van der Waals surface area contributed by atoms with Crippen LogP contribution in [0.15, 0.2) is 53.4 Å². The third-order valence-electron chi connectivity index (χ3n) is 4.03. The topological polar surface area (TPSA) is 77.5 Å². The predicted molar refractivity (Wildman–Crippen MR) is 125 cm³/mol. The molecule has 1 aromatic carbocycles. The van der Waals surface area contributed by atoms with Gasteiger partial charge in [0, 0.05) is 11.8 Å². The molecule has 0 unspecified atom stereocenters. The maximum absolute atomic E-state index is 12.8. The monoisotopic (exact) mass is 440 g/mol. The lowest BCUT2D eigenvalue weighted by Gasteiger charge is -2.12. The van der Waals surface area contributed by atoms with Gasteiger partial charge in [-0.1, -0.05) is 27.7 Å². The number of thiophene rings is 1. The maximum atomic E-state index is 12.8. The number of benzene rings is 1. The van der Waals surface area contributed by atoms with Crippen LogP contribution in [0.3, 0.4) is 0 Å². The van der Waals surface area contributed by atoms with Crippen molar-refractivity contribution >= 4 is 29.0 Å². The Balaban J connectivity index is 0.00000166. The van der Waals surface area contributed by atoms with Gasteiger partial charge in [0.05, 0.1) is 19.3 Å². The first kappa shape index (κ1) is 24.1. The number of aromatic nitrogens is 1. The summed E-state index contributed by atoms with van der Waals surface area (Å²) >= 11 is 1.59. The Bertz CT molecular complexity index is 983. The summed E-state index contributed by atoms with van der Waals surface area (Å²) in [5, 5.41) is 6.77. The number of methoxy groups -OCH3 is 1. The number of ether oxygens (including phenoxy) is 2. The smallest absolute Gasteiger partial charge is 0.339 e. The molecule has 3 aromatic rings. The summed E-state index contributed by atoms with van der Waals surface area (Å²) in [6, 6.07) is 10.6. The van der Waals surface area contributed by atoms with Crippen molar-refractivity contribution in [3.8, 4) is 16.9 Å². The van der Waals surface area contributed by atoms with Crippen molar-refractivity contribution in [1.29, 1.82) is 0 Å². The van der Waals surface area contributed by atoms with Gasteiger partial charge >= 0.3 is 5.97 Å². The maximum Gasteiger partial charge on any atom is 0.339 e. The van der Waals surface area contributed by atoms with Crippen LogP contribution in [0.5, 0.6) is 5.75 Å². The van der Waals surface area contributed by atoms with Crippen LogP contribution in [-0.4, -0.2) is 30.6 Å². The minimum atomic E-state index is -0.481. The molecule has 0 atom stereocenters. The molecule has 6 nitrogen and oxygen atoms in total. The molecule has 0 spiro atoms. The normalized spacial score (nSPS) is 10.1. The zero-order valence-electron chi connectivity index (χ0n) is 18.5. The minimum Gasteiger partial charge on any atom is -0.493 e. The summed E-state index contributed by atoms with van der Waals surface area (Å²) in [6.07, 6.45) is 1.36. The summed E-state index contributed by atoms with van der Waals surface area (Å²) in [4.78, 5) is 28.4. The number of carbonyl (C=O) groups is 2. The van der Waals surface area contributed by atoms with E-state index in [0.717, 1.165) is 11.1 Å². The number of hydrogen-bond donors (Lipinski definition) is 1. The van der Waals surface area contributed by atoms with Gasteiger partial charge in [0.15, 0.2) is 0 Å². The zero-order valence-corrected chi connectivity index (χ0v) is 19.3. The van der Waals surface area contributed by atoms with Gasteiger partial charge in [-0.25, -0.2) is 9.78 Å². The van der Waals surface area contributed by atoms with Gasteiger partial charge < -0.3 is 14.8 Å². The fraction of sp³-hybridized carbons (Fsp3) is 0.292. The van der Waals surface area contributed by atoms with E-state index in [0.29, 0.717) is 35.2 Å². The summed E-state index contributed by atoms with van der Waals surface area (Å²) < 4.78 is 10.5. The molecule has 0 fully saturated rings. The molecule has 0 saturated heterocycles. The van der Waals surface area contributed by atoms with Crippen LogP contribution in [0.1, 0.15) is 48.4 Å². The molecule has 7 heteroatoms. The lowest BCUT2D eigenvalue weighted by atomic mass is 10.0. The Labute approximate surface area is 187 Å². The van der Waals surface area contributed by atoms with Gasteiger partial charge in [-0.15, -0.1) is 0 Å². The molecule has 3 rings (SSSR count). The first-order chi connectivity index (χ1) is 15.0. The number of anilines is 1. The van der Waals surface area contributed by atoms with Crippen LogP contribution in [0, 0.1) is 5.92 Å². The Kier molecular flexibility index (Phi) is 9.21. The quantitative estimate of drug-likeness (QED) is 0.462. The number of nitrogens with one attached hydrogen (secondary N) is 1. The van der Waals surface area contributed by atoms with E-state index < -0.39 is 5.97 Å². The summed E-state index contributed by atoms with van der Waals surface area (Å²) in [5.41, 5.74) is 2.71. The van der Waals surface area contributed by atoms with Crippen LogP contribution < -0.4 is 10.1 Å². The second-order valence-electron chi connectivity index (χ2n) is 6.84. The van der Waals surface area contributed by atoms with E-state index in [1.165, 1.54) is 13.3 Å². The molecule has 0 radical (unpaired) electrons. The highest BCUT2D eigenvalue weighted by Gasteiger charge is 2.13. The lowest BCUT2D eigenvalue weighted by molar-refractivity contribution is 0.0600. The molecular formula is C24H28N2O4S. The van der Waals surface area contributed by atoms with Crippen molar-refractivity contribution in [2.45, 2.75) is 27.7 Å². The number of hydrogen-bond acceptors (Lipinski definition) is 6. The molecule has 1 N–H and O–H groups in total. The first-order valence-corrected chi connectivity index (χ1v) is 11.1. The number of pyridine rings is 1. The number of esters is 1. The molecule has 0 aliphatic rings. The molecule has 1 amide bonds. The van der Waals surface area contributed by atoms with Gasteiger partial charge in [-0.05, 0) is 64.2 Å². The van der Waals surface area contributed by atoms with Gasteiger partial charge in [0.1, 0.15) is 11.6 Å². The Morgan fingerprint density at radius 3 is 2.42 bits per heavy atom. The van der Waals surface area contributed by atoms with Crippen LogP contribution in [0.2, 0.25) is 0 Å². The van der Waals surface area contributed by atoms with E-state index in [2.05, 4.69) is 28.9 Å². The van der Waals surface area contributed by atoms with E-state index in [4.69, 9.17) is 4.74 Å². The highest BCUT2D eigenvalue weighted by Crippen LogP contribution is 2.28. The van der Waals surface area contributed by atoms with Gasteiger partial charge in [0.25, 0.3) is 5.91 Å². The van der Waals surface area contributed by atoms with Crippen LogP contribution in [-0.2, 0) is 4.74 Å². The van der Waals surface area contributed by atoms with Crippen LogP contribution in [0.4, 0.5) is 5.82 Å².